The Morgan fingerprint density at radius 1 is 1.20 bits per heavy atom. The van der Waals surface area contributed by atoms with E-state index in [4.69, 9.17) is 9.47 Å². The summed E-state index contributed by atoms with van der Waals surface area (Å²) in [7, 11) is 5.01. The van der Waals surface area contributed by atoms with E-state index in [0.717, 1.165) is 35.9 Å². The highest BCUT2D eigenvalue weighted by Crippen LogP contribution is 2.27. The van der Waals surface area contributed by atoms with Crippen molar-refractivity contribution in [1.29, 1.82) is 0 Å². The molecule has 0 saturated carbocycles. The minimum absolute atomic E-state index is 0. The van der Waals surface area contributed by atoms with E-state index in [9.17, 15) is 0 Å². The van der Waals surface area contributed by atoms with Crippen molar-refractivity contribution in [3.63, 3.8) is 0 Å². The van der Waals surface area contributed by atoms with Crippen LogP contribution in [0.2, 0.25) is 0 Å². The first-order valence-electron chi connectivity index (χ1n) is 7.80. The van der Waals surface area contributed by atoms with Crippen molar-refractivity contribution in [3.05, 3.63) is 41.7 Å². The molecule has 2 N–H and O–H groups in total. The second kappa shape index (κ2) is 10.8. The molecule has 0 amide bonds. The first-order chi connectivity index (χ1) is 11.7. The number of aromatic nitrogens is 2. The van der Waals surface area contributed by atoms with Crippen molar-refractivity contribution in [2.45, 2.75) is 20.0 Å². The smallest absolute Gasteiger partial charge is 0.191 e. The summed E-state index contributed by atoms with van der Waals surface area (Å²) in [6.07, 6.45) is 3.87. The van der Waals surface area contributed by atoms with Crippen molar-refractivity contribution >= 4 is 29.9 Å². The van der Waals surface area contributed by atoms with Gasteiger partial charge in [-0.3, -0.25) is 9.67 Å². The zero-order valence-corrected chi connectivity index (χ0v) is 17.4. The molecule has 1 aromatic heterocycles. The molecule has 0 aliphatic carbocycles. The number of rotatable bonds is 7. The van der Waals surface area contributed by atoms with E-state index < -0.39 is 0 Å². The van der Waals surface area contributed by atoms with Gasteiger partial charge in [0, 0.05) is 26.3 Å². The minimum Gasteiger partial charge on any atom is -0.493 e. The van der Waals surface area contributed by atoms with Crippen molar-refractivity contribution in [3.8, 4) is 11.5 Å². The Balaban J connectivity index is 0.00000312. The van der Waals surface area contributed by atoms with E-state index in [-0.39, 0.29) is 24.0 Å². The van der Waals surface area contributed by atoms with Crippen molar-refractivity contribution in [2.24, 2.45) is 4.99 Å². The third-order valence-electron chi connectivity index (χ3n) is 3.53. The third kappa shape index (κ3) is 6.45. The van der Waals surface area contributed by atoms with Crippen molar-refractivity contribution in [2.75, 3.05) is 27.8 Å². The average Bonchev–Trinajstić information content (AvgIpc) is 3.02. The molecular weight excluding hydrogens is 433 g/mol. The van der Waals surface area contributed by atoms with Gasteiger partial charge in [0.1, 0.15) is 0 Å². The highest BCUT2D eigenvalue weighted by Gasteiger charge is 2.05. The zero-order valence-electron chi connectivity index (χ0n) is 15.1. The normalized spacial score (nSPS) is 10.8. The standard InChI is InChI=1S/C17H25N5O2.HI/c1-13-10-21-22(12-13)8-7-19-17(18-2)20-11-14-5-6-15(23-3)16(9-14)24-4;/h5-6,9-10,12H,7-8,11H2,1-4H3,(H2,18,19,20);1H. The summed E-state index contributed by atoms with van der Waals surface area (Å²) in [6, 6.07) is 5.84. The number of aryl methyl sites for hydroxylation is 1. The summed E-state index contributed by atoms with van der Waals surface area (Å²) in [5.74, 6) is 2.18. The summed E-state index contributed by atoms with van der Waals surface area (Å²) in [4.78, 5) is 4.22. The molecular formula is C17H26IN5O2. The molecule has 0 fully saturated rings. The molecule has 8 heteroatoms. The molecule has 0 spiro atoms. The van der Waals surface area contributed by atoms with Crippen LogP contribution in [0.1, 0.15) is 11.1 Å². The van der Waals surface area contributed by atoms with Gasteiger partial charge in [0.05, 0.1) is 27.0 Å². The number of aliphatic imine (C=N–C) groups is 1. The van der Waals surface area contributed by atoms with Crippen LogP contribution < -0.4 is 20.1 Å². The fraction of sp³-hybridized carbons (Fsp3) is 0.412. The topological polar surface area (TPSA) is 72.7 Å². The molecule has 0 atom stereocenters. The molecule has 1 aromatic carbocycles. The molecule has 25 heavy (non-hydrogen) atoms. The molecule has 138 valence electrons. The van der Waals surface area contributed by atoms with Gasteiger partial charge in [0.2, 0.25) is 0 Å². The van der Waals surface area contributed by atoms with E-state index in [1.165, 1.54) is 0 Å². The van der Waals surface area contributed by atoms with Crippen LogP contribution >= 0.6 is 24.0 Å². The van der Waals surface area contributed by atoms with Gasteiger partial charge in [0.25, 0.3) is 0 Å². The second-order valence-electron chi connectivity index (χ2n) is 5.32. The van der Waals surface area contributed by atoms with Crippen LogP contribution in [0.3, 0.4) is 0 Å². The predicted octanol–water partition coefficient (Wildman–Crippen LogP) is 2.19. The van der Waals surface area contributed by atoms with Crippen LogP contribution in [0.15, 0.2) is 35.6 Å². The quantitative estimate of drug-likeness (QED) is 0.378. The summed E-state index contributed by atoms with van der Waals surface area (Å²) in [6.45, 7) is 4.19. The lowest BCUT2D eigenvalue weighted by Crippen LogP contribution is -2.38. The number of hydrogen-bond acceptors (Lipinski definition) is 4. The largest absolute Gasteiger partial charge is 0.493 e. The number of halogens is 1. The van der Waals surface area contributed by atoms with Crippen LogP contribution in [0.4, 0.5) is 0 Å². The van der Waals surface area contributed by atoms with E-state index >= 15 is 0 Å². The van der Waals surface area contributed by atoms with Crippen molar-refractivity contribution in [1.82, 2.24) is 20.4 Å². The van der Waals surface area contributed by atoms with Crippen LogP contribution in [0.5, 0.6) is 11.5 Å². The van der Waals surface area contributed by atoms with E-state index in [1.54, 1.807) is 21.3 Å². The van der Waals surface area contributed by atoms with Crippen LogP contribution in [-0.2, 0) is 13.1 Å². The molecule has 0 bridgehead atoms. The van der Waals surface area contributed by atoms with Gasteiger partial charge in [-0.2, -0.15) is 5.10 Å². The van der Waals surface area contributed by atoms with Gasteiger partial charge >= 0.3 is 0 Å². The van der Waals surface area contributed by atoms with Crippen molar-refractivity contribution < 1.29 is 9.47 Å². The maximum atomic E-state index is 5.32. The van der Waals surface area contributed by atoms with Gasteiger partial charge in [0.15, 0.2) is 17.5 Å². The van der Waals surface area contributed by atoms with Gasteiger partial charge in [-0.1, -0.05) is 6.07 Å². The Labute approximate surface area is 165 Å². The first kappa shape index (κ1) is 21.1. The molecule has 0 unspecified atom stereocenters. The number of nitrogens with zero attached hydrogens (tertiary/aromatic N) is 3. The SMILES string of the molecule is CN=C(NCCn1cc(C)cn1)NCc1ccc(OC)c(OC)c1.I. The number of guanidine groups is 1. The number of methoxy groups -OCH3 is 2. The van der Waals surface area contributed by atoms with E-state index in [1.807, 2.05) is 42.2 Å². The van der Waals surface area contributed by atoms with E-state index in [0.29, 0.717) is 12.3 Å². The Bertz CT molecular complexity index is 687. The molecule has 2 aromatic rings. The van der Waals surface area contributed by atoms with Gasteiger partial charge < -0.3 is 20.1 Å². The summed E-state index contributed by atoms with van der Waals surface area (Å²) >= 11 is 0. The molecule has 0 radical (unpaired) electrons. The highest BCUT2D eigenvalue weighted by molar-refractivity contribution is 14.0. The Hall–Kier alpha value is -1.97. The number of nitrogens with one attached hydrogen (secondary N) is 2. The Morgan fingerprint density at radius 3 is 2.56 bits per heavy atom. The molecule has 7 nitrogen and oxygen atoms in total. The third-order valence-corrected chi connectivity index (χ3v) is 3.53. The zero-order chi connectivity index (χ0) is 17.4. The maximum absolute atomic E-state index is 5.32. The van der Waals surface area contributed by atoms with Crippen LogP contribution in [-0.4, -0.2) is 43.6 Å². The van der Waals surface area contributed by atoms with E-state index in [2.05, 4.69) is 20.7 Å². The lowest BCUT2D eigenvalue weighted by molar-refractivity contribution is 0.354. The Kier molecular flexibility index (Phi) is 9.11. The lowest BCUT2D eigenvalue weighted by Gasteiger charge is -2.13. The van der Waals surface area contributed by atoms with Crippen LogP contribution in [0.25, 0.3) is 0 Å². The fourth-order valence-corrected chi connectivity index (χ4v) is 2.28. The monoisotopic (exact) mass is 459 g/mol. The number of hydrogen-bond donors (Lipinski definition) is 2. The maximum Gasteiger partial charge on any atom is 0.191 e. The summed E-state index contributed by atoms with van der Waals surface area (Å²) in [5, 5.41) is 10.8. The lowest BCUT2D eigenvalue weighted by atomic mass is 10.2. The number of ether oxygens (including phenoxy) is 2. The summed E-state index contributed by atoms with van der Waals surface area (Å²) in [5.41, 5.74) is 2.24. The van der Waals surface area contributed by atoms with Gasteiger partial charge in [-0.05, 0) is 30.2 Å². The predicted molar refractivity (Wildman–Crippen MR) is 110 cm³/mol. The summed E-state index contributed by atoms with van der Waals surface area (Å²) < 4.78 is 12.5. The van der Waals surface area contributed by atoms with Gasteiger partial charge in [-0.25, -0.2) is 0 Å². The molecule has 1 heterocycles. The molecule has 0 aliphatic rings. The first-order valence-corrected chi connectivity index (χ1v) is 7.80. The Morgan fingerprint density at radius 2 is 1.96 bits per heavy atom. The minimum atomic E-state index is 0. The number of benzene rings is 1. The fourth-order valence-electron chi connectivity index (χ4n) is 2.28. The molecule has 0 saturated heterocycles. The molecule has 2 rings (SSSR count). The van der Waals surface area contributed by atoms with Gasteiger partial charge in [-0.15, -0.1) is 24.0 Å². The average molecular weight is 459 g/mol. The molecule has 0 aliphatic heterocycles. The van der Waals surface area contributed by atoms with Crippen LogP contribution in [0, 0.1) is 6.92 Å². The highest BCUT2D eigenvalue weighted by atomic mass is 127. The second-order valence-corrected chi connectivity index (χ2v) is 5.32.